The zero-order chi connectivity index (χ0) is 18.7. The van der Waals surface area contributed by atoms with Gasteiger partial charge in [0.2, 0.25) is 0 Å². The fraction of sp³-hybridized carbons (Fsp3) is 0.300. The van der Waals surface area contributed by atoms with Crippen molar-refractivity contribution in [1.82, 2.24) is 4.90 Å². The number of aryl methyl sites for hydroxylation is 1. The Hall–Kier alpha value is -1.49. The molecule has 2 aromatic rings. The quantitative estimate of drug-likeness (QED) is 0.448. The van der Waals surface area contributed by atoms with E-state index in [1.807, 2.05) is 44.3 Å². The average molecular weight is 407 g/mol. The van der Waals surface area contributed by atoms with E-state index in [0.29, 0.717) is 21.4 Å². The number of Topliss-reactive ketones (excluding diaryl/α,β-unsaturated/α-hetero) is 1. The Morgan fingerprint density at radius 3 is 2.62 bits per heavy atom. The van der Waals surface area contributed by atoms with Gasteiger partial charge in [0, 0.05) is 35.5 Å². The van der Waals surface area contributed by atoms with Gasteiger partial charge in [-0.25, -0.2) is 4.99 Å². The standard InChI is InChI=1S/C20H20Cl2N2OS/c1-13-10-18(23-20-4-3-9-24(20)2)17(22)11-16(13)19(25)12-26-15-7-5-14(21)6-8-15/h5-8,10-11H,3-4,9,12H2,1-2H3/b23-20+. The Morgan fingerprint density at radius 1 is 1.23 bits per heavy atom. The van der Waals surface area contributed by atoms with E-state index in [0.717, 1.165) is 41.4 Å². The second-order valence-electron chi connectivity index (χ2n) is 6.34. The highest BCUT2D eigenvalue weighted by molar-refractivity contribution is 8.00. The maximum Gasteiger partial charge on any atom is 0.173 e. The number of ketones is 1. The van der Waals surface area contributed by atoms with Crippen LogP contribution in [-0.2, 0) is 0 Å². The van der Waals surface area contributed by atoms with Crippen molar-refractivity contribution >= 4 is 52.3 Å². The van der Waals surface area contributed by atoms with Crippen LogP contribution in [0, 0.1) is 6.92 Å². The molecule has 1 saturated heterocycles. The molecule has 0 aromatic heterocycles. The molecule has 2 aromatic carbocycles. The third kappa shape index (κ3) is 4.61. The average Bonchev–Trinajstić information content (AvgIpc) is 3.02. The summed E-state index contributed by atoms with van der Waals surface area (Å²) in [6.45, 7) is 2.95. The van der Waals surface area contributed by atoms with E-state index in [9.17, 15) is 4.79 Å². The summed E-state index contributed by atoms with van der Waals surface area (Å²) in [6.07, 6.45) is 2.08. The molecular formula is C20H20Cl2N2OS. The van der Waals surface area contributed by atoms with E-state index in [4.69, 9.17) is 23.2 Å². The summed E-state index contributed by atoms with van der Waals surface area (Å²) in [5.41, 5.74) is 2.28. The number of hydrogen-bond donors (Lipinski definition) is 0. The van der Waals surface area contributed by atoms with Gasteiger partial charge in [0.05, 0.1) is 16.5 Å². The van der Waals surface area contributed by atoms with E-state index in [-0.39, 0.29) is 5.78 Å². The third-order valence-corrected chi connectivity index (χ3v) is 5.93. The lowest BCUT2D eigenvalue weighted by Crippen LogP contribution is -2.18. The lowest BCUT2D eigenvalue weighted by Gasteiger charge is -2.13. The van der Waals surface area contributed by atoms with Crippen molar-refractivity contribution in [1.29, 1.82) is 0 Å². The minimum absolute atomic E-state index is 0.0570. The molecule has 1 aliphatic rings. The molecule has 1 heterocycles. The van der Waals surface area contributed by atoms with Gasteiger partial charge in [-0.3, -0.25) is 4.79 Å². The SMILES string of the molecule is Cc1cc(/N=C2\CCCN2C)c(Cl)cc1C(=O)CSc1ccc(Cl)cc1. The van der Waals surface area contributed by atoms with Crippen LogP contribution >= 0.6 is 35.0 Å². The number of rotatable bonds is 5. The highest BCUT2D eigenvalue weighted by atomic mass is 35.5. The lowest BCUT2D eigenvalue weighted by atomic mass is 10.0. The number of carbonyl (C=O) groups is 1. The second kappa shape index (κ2) is 8.47. The van der Waals surface area contributed by atoms with Gasteiger partial charge in [0.1, 0.15) is 5.84 Å². The molecule has 1 aliphatic heterocycles. The van der Waals surface area contributed by atoms with Gasteiger partial charge in [-0.05, 0) is 55.3 Å². The molecule has 0 atom stereocenters. The molecule has 136 valence electrons. The Labute approximate surface area is 168 Å². The zero-order valence-corrected chi connectivity index (χ0v) is 17.1. The molecule has 0 spiro atoms. The Balaban J connectivity index is 1.74. The summed E-state index contributed by atoms with van der Waals surface area (Å²) in [5.74, 6) is 1.46. The molecule has 0 bridgehead atoms. The second-order valence-corrected chi connectivity index (χ2v) is 8.23. The highest BCUT2D eigenvalue weighted by Crippen LogP contribution is 2.31. The van der Waals surface area contributed by atoms with Crippen molar-refractivity contribution in [3.05, 3.63) is 57.6 Å². The van der Waals surface area contributed by atoms with Crippen LogP contribution in [0.1, 0.15) is 28.8 Å². The molecule has 0 aliphatic carbocycles. The fourth-order valence-electron chi connectivity index (χ4n) is 2.88. The van der Waals surface area contributed by atoms with Gasteiger partial charge >= 0.3 is 0 Å². The largest absolute Gasteiger partial charge is 0.363 e. The molecule has 3 rings (SSSR count). The van der Waals surface area contributed by atoms with Crippen LogP contribution in [0.3, 0.4) is 0 Å². The molecule has 0 saturated carbocycles. The summed E-state index contributed by atoms with van der Waals surface area (Å²) in [6, 6.07) is 11.1. The molecular weight excluding hydrogens is 387 g/mol. The van der Waals surface area contributed by atoms with Crippen LogP contribution in [-0.4, -0.2) is 35.9 Å². The molecule has 3 nitrogen and oxygen atoms in total. The monoisotopic (exact) mass is 406 g/mol. The van der Waals surface area contributed by atoms with Crippen LogP contribution in [0.25, 0.3) is 0 Å². The van der Waals surface area contributed by atoms with Crippen LogP contribution in [0.5, 0.6) is 0 Å². The van der Waals surface area contributed by atoms with Crippen LogP contribution in [0.2, 0.25) is 10.0 Å². The van der Waals surface area contributed by atoms with E-state index in [2.05, 4.69) is 9.89 Å². The van der Waals surface area contributed by atoms with Crippen molar-refractivity contribution in [2.75, 3.05) is 19.3 Å². The smallest absolute Gasteiger partial charge is 0.173 e. The fourth-order valence-corrected chi connectivity index (χ4v) is 4.00. The number of nitrogens with zero attached hydrogens (tertiary/aromatic N) is 2. The highest BCUT2D eigenvalue weighted by Gasteiger charge is 2.17. The molecule has 26 heavy (non-hydrogen) atoms. The maximum absolute atomic E-state index is 12.6. The van der Waals surface area contributed by atoms with Crippen molar-refractivity contribution in [2.24, 2.45) is 4.99 Å². The summed E-state index contributed by atoms with van der Waals surface area (Å²) in [4.78, 5) is 20.5. The van der Waals surface area contributed by atoms with Gasteiger partial charge in [0.25, 0.3) is 0 Å². The number of likely N-dealkylation sites (tertiary alicyclic amines) is 1. The van der Waals surface area contributed by atoms with Gasteiger partial charge in [-0.15, -0.1) is 11.8 Å². The predicted octanol–water partition coefficient (Wildman–Crippen LogP) is 6.03. The van der Waals surface area contributed by atoms with Crippen LogP contribution < -0.4 is 0 Å². The lowest BCUT2D eigenvalue weighted by molar-refractivity contribution is 0.102. The van der Waals surface area contributed by atoms with Gasteiger partial charge in [-0.2, -0.15) is 0 Å². The first kappa shape index (κ1) is 19.3. The first-order valence-corrected chi connectivity index (χ1v) is 10.2. The first-order valence-electron chi connectivity index (χ1n) is 8.44. The van der Waals surface area contributed by atoms with E-state index < -0.39 is 0 Å². The summed E-state index contributed by atoms with van der Waals surface area (Å²) < 4.78 is 0. The number of amidine groups is 1. The molecule has 6 heteroatoms. The van der Waals surface area contributed by atoms with Crippen LogP contribution in [0.15, 0.2) is 46.3 Å². The number of halogens is 2. The normalized spacial score (nSPS) is 15.7. The minimum atomic E-state index is 0.0570. The summed E-state index contributed by atoms with van der Waals surface area (Å²) >= 11 is 13.8. The maximum atomic E-state index is 12.6. The number of thioether (sulfide) groups is 1. The third-order valence-electron chi connectivity index (χ3n) is 4.36. The Bertz CT molecular complexity index is 850. The van der Waals surface area contributed by atoms with E-state index in [1.165, 1.54) is 11.8 Å². The first-order chi connectivity index (χ1) is 12.4. The van der Waals surface area contributed by atoms with Gasteiger partial charge in [0.15, 0.2) is 5.78 Å². The number of hydrogen-bond acceptors (Lipinski definition) is 3. The molecule has 1 fully saturated rings. The van der Waals surface area contributed by atoms with Crippen molar-refractivity contribution in [3.8, 4) is 0 Å². The predicted molar refractivity (Wildman–Crippen MR) is 112 cm³/mol. The number of benzene rings is 2. The van der Waals surface area contributed by atoms with Crippen LogP contribution in [0.4, 0.5) is 5.69 Å². The Morgan fingerprint density at radius 2 is 1.96 bits per heavy atom. The molecule has 0 amide bonds. The molecule has 0 N–H and O–H groups in total. The van der Waals surface area contributed by atoms with Crippen molar-refractivity contribution in [2.45, 2.75) is 24.7 Å². The van der Waals surface area contributed by atoms with Gasteiger partial charge in [-0.1, -0.05) is 23.2 Å². The zero-order valence-electron chi connectivity index (χ0n) is 14.8. The van der Waals surface area contributed by atoms with Gasteiger partial charge < -0.3 is 4.90 Å². The van der Waals surface area contributed by atoms with E-state index >= 15 is 0 Å². The topological polar surface area (TPSA) is 32.7 Å². The van der Waals surface area contributed by atoms with Crippen molar-refractivity contribution in [3.63, 3.8) is 0 Å². The molecule has 0 unspecified atom stereocenters. The minimum Gasteiger partial charge on any atom is -0.363 e. The number of carbonyl (C=O) groups excluding carboxylic acids is 1. The van der Waals surface area contributed by atoms with E-state index in [1.54, 1.807) is 6.07 Å². The Kier molecular flexibility index (Phi) is 6.28. The molecule has 0 radical (unpaired) electrons. The summed E-state index contributed by atoms with van der Waals surface area (Å²) in [7, 11) is 2.04. The summed E-state index contributed by atoms with van der Waals surface area (Å²) in [5, 5.41) is 1.21. The number of aliphatic imine (C=N–C) groups is 1. The van der Waals surface area contributed by atoms with Crippen molar-refractivity contribution < 1.29 is 4.79 Å².